The van der Waals surface area contributed by atoms with Gasteiger partial charge in [0.15, 0.2) is 0 Å². The molecule has 0 aromatic carbocycles. The van der Waals surface area contributed by atoms with Crippen molar-refractivity contribution < 1.29 is 19.5 Å². The van der Waals surface area contributed by atoms with Gasteiger partial charge in [0.25, 0.3) is 0 Å². The minimum absolute atomic E-state index is 0.222. The first-order valence-electron chi connectivity index (χ1n) is 6.08. The fraction of sp³-hybridized carbons (Fsp3) is 0.750. The summed E-state index contributed by atoms with van der Waals surface area (Å²) in [7, 11) is 4.59. The van der Waals surface area contributed by atoms with Crippen LogP contribution in [-0.2, 0) is 14.4 Å². The van der Waals surface area contributed by atoms with Crippen LogP contribution in [-0.4, -0.2) is 72.0 Å². The van der Waals surface area contributed by atoms with Crippen molar-refractivity contribution in [3.8, 4) is 0 Å². The molecule has 0 radical (unpaired) electrons. The van der Waals surface area contributed by atoms with Gasteiger partial charge in [0.2, 0.25) is 11.8 Å². The number of carbonyl (C=O) groups is 3. The Kier molecular flexibility index (Phi) is 6.47. The van der Waals surface area contributed by atoms with Crippen LogP contribution in [0.3, 0.4) is 0 Å². The van der Waals surface area contributed by atoms with Crippen molar-refractivity contribution in [2.24, 2.45) is 0 Å². The second-order valence-electron chi connectivity index (χ2n) is 4.60. The molecule has 2 amide bonds. The summed E-state index contributed by atoms with van der Waals surface area (Å²) in [5.74, 6) is -1.71. The molecule has 0 fully saturated rings. The van der Waals surface area contributed by atoms with E-state index in [1.54, 1.807) is 20.9 Å². The SMILES string of the molecule is CN[C@@H](C)C(=O)N(C)[C@@H](C)C(=O)N(C)[C@@H](C)C(=O)O. The monoisotopic (exact) mass is 273 g/mol. The first-order chi connectivity index (χ1) is 8.64. The van der Waals surface area contributed by atoms with Crippen molar-refractivity contribution in [1.29, 1.82) is 0 Å². The van der Waals surface area contributed by atoms with Crippen molar-refractivity contribution in [1.82, 2.24) is 15.1 Å². The molecule has 0 saturated heterocycles. The summed E-state index contributed by atoms with van der Waals surface area (Å²) in [4.78, 5) is 37.3. The van der Waals surface area contributed by atoms with Gasteiger partial charge < -0.3 is 20.2 Å². The lowest BCUT2D eigenvalue weighted by Gasteiger charge is -2.31. The van der Waals surface area contributed by atoms with E-state index in [4.69, 9.17) is 5.11 Å². The van der Waals surface area contributed by atoms with Gasteiger partial charge in [-0.2, -0.15) is 0 Å². The van der Waals surface area contributed by atoms with Crippen LogP contribution in [0.4, 0.5) is 0 Å². The molecule has 19 heavy (non-hydrogen) atoms. The summed E-state index contributed by atoms with van der Waals surface area (Å²) in [6.45, 7) is 4.69. The molecule has 0 aromatic heterocycles. The highest BCUT2D eigenvalue weighted by atomic mass is 16.4. The van der Waals surface area contributed by atoms with Crippen molar-refractivity contribution >= 4 is 17.8 Å². The van der Waals surface area contributed by atoms with Gasteiger partial charge in [-0.1, -0.05) is 0 Å². The fourth-order valence-corrected chi connectivity index (χ4v) is 1.44. The predicted octanol–water partition coefficient (Wildman–Crippen LogP) is -0.627. The number of likely N-dealkylation sites (N-methyl/N-ethyl adjacent to an activating group) is 3. The number of amides is 2. The fourth-order valence-electron chi connectivity index (χ4n) is 1.44. The molecule has 0 aliphatic heterocycles. The molecule has 7 nitrogen and oxygen atoms in total. The summed E-state index contributed by atoms with van der Waals surface area (Å²) in [5.41, 5.74) is 0. The minimum atomic E-state index is -1.08. The highest BCUT2D eigenvalue weighted by Gasteiger charge is 2.30. The third kappa shape index (κ3) is 4.20. The van der Waals surface area contributed by atoms with Gasteiger partial charge in [-0.15, -0.1) is 0 Å². The van der Waals surface area contributed by atoms with Crippen molar-refractivity contribution in [3.63, 3.8) is 0 Å². The summed E-state index contributed by atoms with van der Waals surface area (Å²) in [6.07, 6.45) is 0. The number of nitrogens with one attached hydrogen (secondary N) is 1. The van der Waals surface area contributed by atoms with E-state index >= 15 is 0 Å². The Morgan fingerprint density at radius 1 is 0.947 bits per heavy atom. The average Bonchev–Trinajstić information content (AvgIpc) is 2.40. The van der Waals surface area contributed by atoms with E-state index in [1.807, 2.05) is 0 Å². The quantitative estimate of drug-likeness (QED) is 0.672. The molecule has 0 bridgehead atoms. The van der Waals surface area contributed by atoms with Crippen LogP contribution in [0.1, 0.15) is 20.8 Å². The van der Waals surface area contributed by atoms with Gasteiger partial charge in [-0.3, -0.25) is 9.59 Å². The highest BCUT2D eigenvalue weighted by molar-refractivity contribution is 5.91. The van der Waals surface area contributed by atoms with Gasteiger partial charge in [-0.05, 0) is 27.8 Å². The van der Waals surface area contributed by atoms with Gasteiger partial charge in [0, 0.05) is 14.1 Å². The first-order valence-corrected chi connectivity index (χ1v) is 6.08. The normalized spacial score (nSPS) is 15.3. The summed E-state index contributed by atoms with van der Waals surface area (Å²) in [5, 5.41) is 11.7. The topological polar surface area (TPSA) is 90.0 Å². The van der Waals surface area contributed by atoms with Crippen LogP contribution < -0.4 is 5.32 Å². The Labute approximate surface area is 113 Å². The third-order valence-electron chi connectivity index (χ3n) is 3.38. The Balaban J connectivity index is 4.82. The largest absolute Gasteiger partial charge is 0.480 e. The molecular formula is C12H23N3O4. The number of aliphatic carboxylic acids is 1. The number of rotatable bonds is 6. The number of carboxylic acid groups (broad SMARTS) is 1. The van der Waals surface area contributed by atoms with Gasteiger partial charge in [0.05, 0.1) is 6.04 Å². The molecule has 0 aliphatic carbocycles. The lowest BCUT2D eigenvalue weighted by atomic mass is 10.2. The molecule has 0 unspecified atom stereocenters. The Bertz CT molecular complexity index is 359. The molecule has 0 aliphatic rings. The minimum Gasteiger partial charge on any atom is -0.480 e. The van der Waals surface area contributed by atoms with Crippen molar-refractivity contribution in [2.45, 2.75) is 38.9 Å². The standard InChI is InChI=1S/C12H23N3O4/c1-7(13-4)10(16)14(5)8(2)11(17)15(6)9(3)12(18)19/h7-9,13H,1-6H3,(H,18,19)/t7-,8-,9-/m0/s1. The van der Waals surface area contributed by atoms with Gasteiger partial charge >= 0.3 is 5.97 Å². The molecule has 3 atom stereocenters. The maximum absolute atomic E-state index is 12.1. The molecule has 0 saturated carbocycles. The zero-order valence-corrected chi connectivity index (χ0v) is 12.3. The van der Waals surface area contributed by atoms with E-state index in [2.05, 4.69) is 5.32 Å². The number of carboxylic acids is 1. The van der Waals surface area contributed by atoms with Crippen LogP contribution in [0.25, 0.3) is 0 Å². The Hall–Kier alpha value is -1.63. The second kappa shape index (κ2) is 7.08. The second-order valence-corrected chi connectivity index (χ2v) is 4.60. The molecule has 0 aromatic rings. The molecular weight excluding hydrogens is 250 g/mol. The maximum Gasteiger partial charge on any atom is 0.326 e. The third-order valence-corrected chi connectivity index (χ3v) is 3.38. The molecule has 0 heterocycles. The molecule has 7 heteroatoms. The average molecular weight is 273 g/mol. The van der Waals surface area contributed by atoms with Crippen molar-refractivity contribution in [3.05, 3.63) is 0 Å². The predicted molar refractivity (Wildman–Crippen MR) is 70.6 cm³/mol. The van der Waals surface area contributed by atoms with Crippen LogP contribution in [0, 0.1) is 0 Å². The van der Waals surface area contributed by atoms with Gasteiger partial charge in [-0.25, -0.2) is 4.79 Å². The zero-order chi connectivity index (χ0) is 15.3. The first kappa shape index (κ1) is 17.4. The van der Waals surface area contributed by atoms with E-state index < -0.39 is 30.0 Å². The lowest BCUT2D eigenvalue weighted by Crippen LogP contribution is -2.53. The molecule has 2 N–H and O–H groups in total. The number of hydrogen-bond acceptors (Lipinski definition) is 4. The van der Waals surface area contributed by atoms with E-state index in [1.165, 1.54) is 25.9 Å². The smallest absolute Gasteiger partial charge is 0.326 e. The molecule has 110 valence electrons. The Morgan fingerprint density at radius 3 is 1.74 bits per heavy atom. The maximum atomic E-state index is 12.1. The summed E-state index contributed by atoms with van der Waals surface area (Å²) < 4.78 is 0. The number of hydrogen-bond donors (Lipinski definition) is 2. The summed E-state index contributed by atoms with van der Waals surface area (Å²) in [6, 6.07) is -2.04. The number of carbonyl (C=O) groups excluding carboxylic acids is 2. The highest BCUT2D eigenvalue weighted by Crippen LogP contribution is 2.06. The van der Waals surface area contributed by atoms with Crippen LogP contribution in [0.2, 0.25) is 0 Å². The zero-order valence-electron chi connectivity index (χ0n) is 12.3. The lowest BCUT2D eigenvalue weighted by molar-refractivity contribution is -0.152. The Morgan fingerprint density at radius 2 is 1.37 bits per heavy atom. The van der Waals surface area contributed by atoms with E-state index in [9.17, 15) is 14.4 Å². The molecule has 0 rings (SSSR count). The summed E-state index contributed by atoms with van der Waals surface area (Å²) >= 11 is 0. The van der Waals surface area contributed by atoms with E-state index in [0.29, 0.717) is 0 Å². The van der Waals surface area contributed by atoms with E-state index in [0.717, 1.165) is 4.90 Å². The van der Waals surface area contributed by atoms with Crippen molar-refractivity contribution in [2.75, 3.05) is 21.1 Å². The number of nitrogens with zero attached hydrogens (tertiary/aromatic N) is 2. The van der Waals surface area contributed by atoms with E-state index in [-0.39, 0.29) is 5.91 Å². The van der Waals surface area contributed by atoms with Gasteiger partial charge in [0.1, 0.15) is 12.1 Å². The van der Waals surface area contributed by atoms with Crippen LogP contribution in [0.15, 0.2) is 0 Å². The van der Waals surface area contributed by atoms with Crippen LogP contribution in [0.5, 0.6) is 0 Å². The molecule has 0 spiro atoms. The van der Waals surface area contributed by atoms with Crippen LogP contribution >= 0.6 is 0 Å².